The van der Waals surface area contributed by atoms with Gasteiger partial charge >= 0.3 is 6.03 Å². The van der Waals surface area contributed by atoms with Crippen LogP contribution in [0.3, 0.4) is 0 Å². The van der Waals surface area contributed by atoms with Crippen molar-refractivity contribution in [1.29, 1.82) is 0 Å². The van der Waals surface area contributed by atoms with Crippen molar-refractivity contribution >= 4 is 34.5 Å². The molecule has 7 nitrogen and oxygen atoms in total. The van der Waals surface area contributed by atoms with Gasteiger partial charge in [-0.25, -0.2) is 4.79 Å². The Bertz CT molecular complexity index is 1100. The Morgan fingerprint density at radius 3 is 2.04 bits per heavy atom. The number of amides is 5. The maximum absolute atomic E-state index is 13.0. The van der Waals surface area contributed by atoms with Gasteiger partial charge in [-0.2, -0.15) is 0 Å². The van der Waals surface area contributed by atoms with Crippen molar-refractivity contribution in [3.63, 3.8) is 0 Å². The molecular weight excluding hydrogens is 358 g/mol. The summed E-state index contributed by atoms with van der Waals surface area (Å²) < 4.78 is 0. The average Bonchev–Trinajstić information content (AvgIpc) is 2.71. The van der Waals surface area contributed by atoms with Crippen molar-refractivity contribution < 1.29 is 19.2 Å². The molecule has 3 aromatic carbocycles. The summed E-state index contributed by atoms with van der Waals surface area (Å²) in [4.78, 5) is 49.9. The molecule has 0 atom stereocenters. The van der Waals surface area contributed by atoms with Gasteiger partial charge in [-0.3, -0.25) is 25.0 Å². The molecule has 1 fully saturated rings. The minimum absolute atomic E-state index is 0.242. The molecule has 3 aromatic rings. The van der Waals surface area contributed by atoms with E-state index in [1.54, 1.807) is 36.4 Å². The second kappa shape index (κ2) is 6.62. The normalized spacial score (nSPS) is 15.6. The van der Waals surface area contributed by atoms with E-state index in [1.165, 1.54) is 12.1 Å². The minimum Gasteiger partial charge on any atom is -0.326 e. The Hall–Kier alpha value is -4.00. The van der Waals surface area contributed by atoms with Crippen LogP contribution >= 0.6 is 0 Å². The van der Waals surface area contributed by atoms with E-state index in [-0.39, 0.29) is 11.1 Å². The van der Waals surface area contributed by atoms with Gasteiger partial charge < -0.3 is 5.32 Å². The summed E-state index contributed by atoms with van der Waals surface area (Å²) in [5, 5.41) is 8.45. The maximum Gasteiger partial charge on any atom is 0.328 e. The van der Waals surface area contributed by atoms with E-state index in [1.807, 2.05) is 24.3 Å². The molecule has 7 heteroatoms. The predicted molar refractivity (Wildman–Crippen MR) is 101 cm³/mol. The first kappa shape index (κ1) is 17.4. The van der Waals surface area contributed by atoms with Gasteiger partial charge in [0.25, 0.3) is 17.7 Å². The molecule has 0 aromatic heterocycles. The van der Waals surface area contributed by atoms with Gasteiger partial charge in [0.2, 0.25) is 5.54 Å². The van der Waals surface area contributed by atoms with Crippen molar-refractivity contribution in [3.8, 4) is 0 Å². The molecule has 0 saturated carbocycles. The van der Waals surface area contributed by atoms with Gasteiger partial charge in [0, 0.05) is 5.56 Å². The van der Waals surface area contributed by atoms with Crippen LogP contribution < -0.4 is 16.0 Å². The zero-order valence-corrected chi connectivity index (χ0v) is 14.6. The van der Waals surface area contributed by atoms with E-state index in [0.29, 0.717) is 0 Å². The van der Waals surface area contributed by atoms with Crippen LogP contribution in [0.25, 0.3) is 10.8 Å². The lowest BCUT2D eigenvalue weighted by molar-refractivity contribution is -0.139. The quantitative estimate of drug-likeness (QED) is 0.609. The molecule has 3 N–H and O–H groups in total. The number of hydrogen-bond donors (Lipinski definition) is 3. The Morgan fingerprint density at radius 1 is 0.750 bits per heavy atom. The highest BCUT2D eigenvalue weighted by molar-refractivity contribution is 6.24. The van der Waals surface area contributed by atoms with E-state index < -0.39 is 29.3 Å². The lowest BCUT2D eigenvalue weighted by atomic mass is 9.86. The molecule has 5 amide bonds. The van der Waals surface area contributed by atoms with Crippen molar-refractivity contribution in [3.05, 3.63) is 83.9 Å². The lowest BCUT2D eigenvalue weighted by Crippen LogP contribution is -2.71. The van der Waals surface area contributed by atoms with Gasteiger partial charge in [-0.05, 0) is 28.5 Å². The molecule has 0 bridgehead atoms. The van der Waals surface area contributed by atoms with Gasteiger partial charge in [-0.15, -0.1) is 0 Å². The molecule has 138 valence electrons. The van der Waals surface area contributed by atoms with Crippen molar-refractivity contribution in [2.75, 3.05) is 0 Å². The largest absolute Gasteiger partial charge is 0.328 e. The summed E-state index contributed by atoms with van der Waals surface area (Å²) in [7, 11) is 0. The third-order valence-electron chi connectivity index (χ3n) is 4.65. The van der Waals surface area contributed by atoms with Gasteiger partial charge in [0.1, 0.15) is 0 Å². The third kappa shape index (κ3) is 2.79. The Kier molecular flexibility index (Phi) is 4.12. The summed E-state index contributed by atoms with van der Waals surface area (Å²) >= 11 is 0. The number of barbiturate groups is 1. The van der Waals surface area contributed by atoms with Crippen LogP contribution in [0, 0.1) is 0 Å². The minimum atomic E-state index is -2.06. The Morgan fingerprint density at radius 2 is 1.36 bits per heavy atom. The van der Waals surface area contributed by atoms with Gasteiger partial charge in [-0.1, -0.05) is 60.7 Å². The second-order valence-electron chi connectivity index (χ2n) is 6.37. The number of rotatable bonds is 3. The van der Waals surface area contributed by atoms with Crippen molar-refractivity contribution in [2.24, 2.45) is 0 Å². The molecule has 1 aliphatic rings. The number of carbonyl (C=O) groups excluding carboxylic acids is 4. The number of urea groups is 1. The van der Waals surface area contributed by atoms with Crippen LogP contribution in [0.1, 0.15) is 15.9 Å². The van der Waals surface area contributed by atoms with E-state index in [9.17, 15) is 19.2 Å². The zero-order chi connectivity index (χ0) is 19.7. The average molecular weight is 373 g/mol. The fraction of sp³-hybridized carbons (Fsp3) is 0.0476. The Labute approximate surface area is 159 Å². The SMILES string of the molecule is O=C1NC(=O)C(NC(=O)c2ccc3ccccc3c2)(c2ccccc2)C(=O)N1. The van der Waals surface area contributed by atoms with E-state index in [4.69, 9.17) is 0 Å². The van der Waals surface area contributed by atoms with Crippen LogP contribution in [-0.4, -0.2) is 23.8 Å². The number of nitrogens with one attached hydrogen (secondary N) is 3. The summed E-state index contributed by atoms with van der Waals surface area (Å²) in [5.74, 6) is -2.45. The maximum atomic E-state index is 13.0. The standard InChI is InChI=1S/C21H15N3O4/c25-17(15-11-10-13-6-4-5-7-14(13)12-15)24-21(16-8-2-1-3-9-16)18(26)22-20(28)23-19(21)27/h1-12H,(H,24,25)(H2,22,23,26,27,28). The predicted octanol–water partition coefficient (Wildman–Crippen LogP) is 1.83. The summed E-state index contributed by atoms with van der Waals surface area (Å²) in [5.41, 5.74) is -1.53. The molecule has 28 heavy (non-hydrogen) atoms. The monoisotopic (exact) mass is 373 g/mol. The first-order valence-electron chi connectivity index (χ1n) is 8.54. The molecule has 0 radical (unpaired) electrons. The van der Waals surface area contributed by atoms with Crippen LogP contribution in [-0.2, 0) is 15.1 Å². The third-order valence-corrected chi connectivity index (χ3v) is 4.65. The first-order chi connectivity index (χ1) is 13.5. The molecule has 1 aliphatic heterocycles. The zero-order valence-electron chi connectivity index (χ0n) is 14.6. The molecule has 4 rings (SSSR count). The molecule has 0 unspecified atom stereocenters. The highest BCUT2D eigenvalue weighted by Gasteiger charge is 2.53. The lowest BCUT2D eigenvalue weighted by Gasteiger charge is -2.34. The van der Waals surface area contributed by atoms with Crippen molar-refractivity contribution in [2.45, 2.75) is 5.54 Å². The first-order valence-corrected chi connectivity index (χ1v) is 8.54. The second-order valence-corrected chi connectivity index (χ2v) is 6.37. The summed E-state index contributed by atoms with van der Waals surface area (Å²) in [6.07, 6.45) is 0. The highest BCUT2D eigenvalue weighted by Crippen LogP contribution is 2.25. The molecule has 0 aliphatic carbocycles. The fourth-order valence-corrected chi connectivity index (χ4v) is 3.24. The van der Waals surface area contributed by atoms with Gasteiger partial charge in [0.05, 0.1) is 0 Å². The highest BCUT2D eigenvalue weighted by atomic mass is 16.2. The van der Waals surface area contributed by atoms with E-state index >= 15 is 0 Å². The number of fused-ring (bicyclic) bond motifs is 1. The molecule has 1 saturated heterocycles. The topological polar surface area (TPSA) is 104 Å². The molecule has 1 heterocycles. The Balaban J connectivity index is 1.77. The summed E-state index contributed by atoms with van der Waals surface area (Å²) in [6, 6.07) is 19.7. The summed E-state index contributed by atoms with van der Waals surface area (Å²) in [6.45, 7) is 0. The van der Waals surface area contributed by atoms with Crippen LogP contribution in [0.5, 0.6) is 0 Å². The molecule has 0 spiro atoms. The van der Waals surface area contributed by atoms with E-state index in [0.717, 1.165) is 10.8 Å². The smallest absolute Gasteiger partial charge is 0.326 e. The van der Waals surface area contributed by atoms with Crippen LogP contribution in [0.4, 0.5) is 4.79 Å². The number of imide groups is 2. The van der Waals surface area contributed by atoms with Crippen LogP contribution in [0.15, 0.2) is 72.8 Å². The van der Waals surface area contributed by atoms with E-state index in [2.05, 4.69) is 16.0 Å². The number of benzene rings is 3. The van der Waals surface area contributed by atoms with Crippen molar-refractivity contribution in [1.82, 2.24) is 16.0 Å². The number of hydrogen-bond acceptors (Lipinski definition) is 4. The fourth-order valence-electron chi connectivity index (χ4n) is 3.24. The number of carbonyl (C=O) groups is 4. The molecular formula is C21H15N3O4. The van der Waals surface area contributed by atoms with Crippen LogP contribution in [0.2, 0.25) is 0 Å². The van der Waals surface area contributed by atoms with Gasteiger partial charge in [0.15, 0.2) is 0 Å².